The van der Waals surface area contributed by atoms with Gasteiger partial charge in [0.05, 0.1) is 31.7 Å². The molecule has 0 bridgehead atoms. The standard InChI is InChI=1S/C24H24F3N5O3/c1-34-21-14-18(32-10-12-35-13-11-32)6-7-20(21)31-23-28-9-8-19(30-23)16-2-4-17(5-3-16)22(33)29-15-24(25,26)27/h2-9,14H,10-13,15H2,1H3,(H,29,33)(H,28,30,31). The third-order valence-corrected chi connectivity index (χ3v) is 5.36. The Morgan fingerprint density at radius 2 is 1.86 bits per heavy atom. The minimum Gasteiger partial charge on any atom is -0.494 e. The molecule has 8 nitrogen and oxygen atoms in total. The highest BCUT2D eigenvalue weighted by atomic mass is 19.4. The van der Waals surface area contributed by atoms with Gasteiger partial charge in [-0.2, -0.15) is 13.2 Å². The predicted molar refractivity (Wildman–Crippen MR) is 125 cm³/mol. The number of benzene rings is 2. The van der Waals surface area contributed by atoms with Crippen molar-refractivity contribution in [1.29, 1.82) is 0 Å². The van der Waals surface area contributed by atoms with E-state index < -0.39 is 18.6 Å². The maximum absolute atomic E-state index is 12.3. The third-order valence-electron chi connectivity index (χ3n) is 5.36. The largest absolute Gasteiger partial charge is 0.494 e. The Morgan fingerprint density at radius 1 is 1.11 bits per heavy atom. The molecule has 1 amide bonds. The number of rotatable bonds is 7. The highest BCUT2D eigenvalue weighted by Crippen LogP contribution is 2.32. The van der Waals surface area contributed by atoms with Crippen LogP contribution in [0.1, 0.15) is 10.4 Å². The Hall–Kier alpha value is -3.86. The highest BCUT2D eigenvalue weighted by Gasteiger charge is 2.27. The van der Waals surface area contributed by atoms with Crippen molar-refractivity contribution in [2.45, 2.75) is 6.18 Å². The van der Waals surface area contributed by atoms with Crippen LogP contribution in [-0.2, 0) is 4.74 Å². The molecule has 4 rings (SSSR count). The summed E-state index contributed by atoms with van der Waals surface area (Å²) in [5.74, 6) is 0.177. The summed E-state index contributed by atoms with van der Waals surface area (Å²) < 4.78 is 47.9. The molecule has 1 fully saturated rings. The molecule has 11 heteroatoms. The van der Waals surface area contributed by atoms with Crippen LogP contribution in [0.25, 0.3) is 11.3 Å². The summed E-state index contributed by atoms with van der Waals surface area (Å²) in [6.07, 6.45) is -2.88. The lowest BCUT2D eigenvalue weighted by Gasteiger charge is -2.29. The average Bonchev–Trinajstić information content (AvgIpc) is 2.88. The topological polar surface area (TPSA) is 88.6 Å². The number of aromatic nitrogens is 2. The molecule has 0 spiro atoms. The van der Waals surface area contributed by atoms with Crippen molar-refractivity contribution in [2.24, 2.45) is 0 Å². The van der Waals surface area contributed by atoms with Crippen LogP contribution < -0.4 is 20.3 Å². The predicted octanol–water partition coefficient (Wildman–Crippen LogP) is 4.02. The summed E-state index contributed by atoms with van der Waals surface area (Å²) in [6.45, 7) is 1.60. The van der Waals surface area contributed by atoms with E-state index >= 15 is 0 Å². The molecule has 1 saturated heterocycles. The van der Waals surface area contributed by atoms with Crippen LogP contribution in [-0.4, -0.2) is 62.0 Å². The molecule has 1 aromatic heterocycles. The quantitative estimate of drug-likeness (QED) is 0.520. The number of ether oxygens (including phenoxy) is 2. The first-order chi connectivity index (χ1) is 16.8. The molecule has 0 unspecified atom stereocenters. The van der Waals surface area contributed by atoms with Crippen molar-refractivity contribution in [3.05, 3.63) is 60.3 Å². The summed E-state index contributed by atoms with van der Waals surface area (Å²) in [7, 11) is 1.59. The van der Waals surface area contributed by atoms with E-state index in [0.717, 1.165) is 18.8 Å². The monoisotopic (exact) mass is 487 g/mol. The van der Waals surface area contributed by atoms with Gasteiger partial charge in [-0.05, 0) is 30.3 Å². The fourth-order valence-corrected chi connectivity index (χ4v) is 3.58. The zero-order chi connectivity index (χ0) is 24.8. The van der Waals surface area contributed by atoms with Crippen LogP contribution in [0.2, 0.25) is 0 Å². The third kappa shape index (κ3) is 6.38. The fourth-order valence-electron chi connectivity index (χ4n) is 3.58. The lowest BCUT2D eigenvalue weighted by Crippen LogP contribution is -2.36. The molecule has 1 aliphatic heterocycles. The van der Waals surface area contributed by atoms with Gasteiger partial charge in [-0.15, -0.1) is 0 Å². The van der Waals surface area contributed by atoms with Crippen LogP contribution >= 0.6 is 0 Å². The van der Waals surface area contributed by atoms with E-state index in [-0.39, 0.29) is 5.56 Å². The van der Waals surface area contributed by atoms with E-state index in [2.05, 4.69) is 20.2 Å². The van der Waals surface area contributed by atoms with E-state index in [0.29, 0.717) is 41.9 Å². The van der Waals surface area contributed by atoms with Gasteiger partial charge in [-0.1, -0.05) is 12.1 Å². The molecular weight excluding hydrogens is 463 g/mol. The van der Waals surface area contributed by atoms with Gasteiger partial charge in [0.2, 0.25) is 5.95 Å². The van der Waals surface area contributed by atoms with E-state index in [1.807, 2.05) is 23.5 Å². The SMILES string of the molecule is COc1cc(N2CCOCC2)ccc1Nc1nccc(-c2ccc(C(=O)NCC(F)(F)F)cc2)n1. The van der Waals surface area contributed by atoms with Crippen LogP contribution in [0.5, 0.6) is 5.75 Å². The summed E-state index contributed by atoms with van der Waals surface area (Å²) in [5, 5.41) is 5.01. The number of carbonyl (C=O) groups excluding carboxylic acids is 1. The van der Waals surface area contributed by atoms with Gasteiger partial charge in [-0.3, -0.25) is 4.79 Å². The van der Waals surface area contributed by atoms with Crippen molar-refractivity contribution < 1.29 is 27.4 Å². The lowest BCUT2D eigenvalue weighted by molar-refractivity contribution is -0.123. The maximum Gasteiger partial charge on any atom is 0.405 e. The number of morpholine rings is 1. The van der Waals surface area contributed by atoms with Crippen molar-refractivity contribution in [3.8, 4) is 17.0 Å². The molecule has 2 N–H and O–H groups in total. The van der Waals surface area contributed by atoms with Crippen LogP contribution in [0, 0.1) is 0 Å². The first-order valence-corrected chi connectivity index (χ1v) is 10.9. The fraction of sp³-hybridized carbons (Fsp3) is 0.292. The summed E-state index contributed by atoms with van der Waals surface area (Å²) in [5.41, 5.74) is 3.10. The molecule has 2 heterocycles. The molecule has 0 radical (unpaired) electrons. The molecule has 2 aromatic carbocycles. The number of anilines is 3. The minimum absolute atomic E-state index is 0.121. The Kier molecular flexibility index (Phi) is 7.35. The van der Waals surface area contributed by atoms with Crippen molar-refractivity contribution in [2.75, 3.05) is 50.2 Å². The highest BCUT2D eigenvalue weighted by molar-refractivity contribution is 5.94. The zero-order valence-corrected chi connectivity index (χ0v) is 18.9. The summed E-state index contributed by atoms with van der Waals surface area (Å²) >= 11 is 0. The number of carbonyl (C=O) groups is 1. The van der Waals surface area contributed by atoms with Gasteiger partial charge in [0.15, 0.2) is 0 Å². The summed E-state index contributed by atoms with van der Waals surface area (Å²) in [6, 6.07) is 13.7. The van der Waals surface area contributed by atoms with Gasteiger partial charge < -0.3 is 25.0 Å². The van der Waals surface area contributed by atoms with Crippen LogP contribution in [0.15, 0.2) is 54.7 Å². The van der Waals surface area contributed by atoms with E-state index in [1.165, 1.54) is 12.1 Å². The normalized spacial score (nSPS) is 13.9. The van der Waals surface area contributed by atoms with Gasteiger partial charge in [0.25, 0.3) is 5.91 Å². The van der Waals surface area contributed by atoms with Gasteiger partial charge >= 0.3 is 6.18 Å². The summed E-state index contributed by atoms with van der Waals surface area (Å²) in [4.78, 5) is 22.9. The van der Waals surface area contributed by atoms with E-state index in [4.69, 9.17) is 9.47 Å². The number of amides is 1. The molecule has 0 saturated carbocycles. The smallest absolute Gasteiger partial charge is 0.405 e. The van der Waals surface area contributed by atoms with Crippen LogP contribution in [0.3, 0.4) is 0 Å². The van der Waals surface area contributed by atoms with Gasteiger partial charge in [0, 0.05) is 42.2 Å². The lowest BCUT2D eigenvalue weighted by atomic mass is 10.1. The first kappa shape index (κ1) is 24.3. The van der Waals surface area contributed by atoms with Crippen molar-refractivity contribution in [1.82, 2.24) is 15.3 Å². The van der Waals surface area contributed by atoms with Crippen LogP contribution in [0.4, 0.5) is 30.5 Å². The molecule has 0 atom stereocenters. The van der Waals surface area contributed by atoms with Crippen molar-refractivity contribution in [3.63, 3.8) is 0 Å². The van der Waals surface area contributed by atoms with Gasteiger partial charge in [0.1, 0.15) is 12.3 Å². The second kappa shape index (κ2) is 10.6. The van der Waals surface area contributed by atoms with E-state index in [1.54, 1.807) is 31.5 Å². The number of methoxy groups -OCH3 is 1. The first-order valence-electron chi connectivity index (χ1n) is 10.9. The maximum atomic E-state index is 12.3. The molecule has 3 aromatic rings. The Balaban J connectivity index is 1.47. The number of alkyl halides is 3. The minimum atomic E-state index is -4.47. The Bertz CT molecular complexity index is 1170. The second-order valence-electron chi connectivity index (χ2n) is 7.75. The number of hydrogen-bond acceptors (Lipinski definition) is 7. The molecule has 1 aliphatic rings. The zero-order valence-electron chi connectivity index (χ0n) is 18.9. The van der Waals surface area contributed by atoms with E-state index in [9.17, 15) is 18.0 Å². The molecular formula is C24H24F3N5O3. The second-order valence-corrected chi connectivity index (χ2v) is 7.75. The molecule has 184 valence electrons. The Labute approximate surface area is 200 Å². The number of halogens is 3. The van der Waals surface area contributed by atoms with Gasteiger partial charge in [-0.25, -0.2) is 9.97 Å². The Morgan fingerprint density at radius 3 is 2.54 bits per heavy atom. The average molecular weight is 487 g/mol. The number of nitrogens with zero attached hydrogens (tertiary/aromatic N) is 3. The molecule has 0 aliphatic carbocycles. The number of hydrogen-bond donors (Lipinski definition) is 2. The molecule has 35 heavy (non-hydrogen) atoms. The van der Waals surface area contributed by atoms with Crippen molar-refractivity contribution >= 4 is 23.2 Å². The number of nitrogens with one attached hydrogen (secondary N) is 2.